The molecule has 0 amide bonds. The molecule has 1 unspecified atom stereocenters. The average Bonchev–Trinajstić information content (AvgIpc) is 3.57. The first-order chi connectivity index (χ1) is 17.2. The predicted molar refractivity (Wildman–Crippen MR) is 145 cm³/mol. The maximum atomic E-state index is 13.1. The molecule has 0 fully saturated rings. The molecule has 1 aliphatic rings. The van der Waals surface area contributed by atoms with Gasteiger partial charge in [0.1, 0.15) is 22.1 Å². The van der Waals surface area contributed by atoms with E-state index in [0.29, 0.717) is 24.5 Å². The van der Waals surface area contributed by atoms with E-state index in [1.165, 1.54) is 20.9 Å². The Morgan fingerprint density at radius 2 is 2.09 bits per heavy atom. The standard InChI is InChI=1S/C27H27N5OS2.H2/c1-16(26-30-19-7-2-3-8-20(19)31-26)5-4-6-17(33)13-23-25(18-9-11-29-15-24(18)34-23)27-32-21-14-28-12-10-22(21)35-27;/h2-3,7-8,10,12,14,16,29H,4-6,9,11,13,15H2,1H3,(H,30,31);1H. The second-order valence-electron chi connectivity index (χ2n) is 9.24. The van der Waals surface area contributed by atoms with Gasteiger partial charge in [0.15, 0.2) is 0 Å². The van der Waals surface area contributed by atoms with Crippen molar-refractivity contribution in [3.63, 3.8) is 0 Å². The molecule has 0 spiro atoms. The third kappa shape index (κ3) is 4.53. The number of thiazole rings is 1. The molecule has 8 heteroatoms. The number of carbonyl (C=O) groups is 1. The Hall–Kier alpha value is -2.94. The SMILES string of the molecule is CC(CCCC(=O)Cc1sc2c(c1-c1nc3cnccc3s1)CCNC2)c1nc2ccccc2[nH]1.[HH]. The topological polar surface area (TPSA) is 83.6 Å². The maximum absolute atomic E-state index is 13.1. The molecular weight excluding hydrogens is 474 g/mol. The first-order valence-corrected chi connectivity index (χ1v) is 13.8. The van der Waals surface area contributed by atoms with Crippen LogP contribution in [-0.2, 0) is 24.2 Å². The van der Waals surface area contributed by atoms with Gasteiger partial charge in [-0.3, -0.25) is 9.78 Å². The Labute approximate surface area is 213 Å². The molecule has 6 nitrogen and oxygen atoms in total. The number of benzene rings is 1. The van der Waals surface area contributed by atoms with E-state index in [2.05, 4.69) is 28.3 Å². The van der Waals surface area contributed by atoms with Crippen LogP contribution in [0, 0.1) is 0 Å². The fourth-order valence-corrected chi connectivity index (χ4v) is 7.32. The van der Waals surface area contributed by atoms with E-state index in [0.717, 1.165) is 64.4 Å². The molecule has 180 valence electrons. The molecule has 1 aliphatic heterocycles. The zero-order valence-electron chi connectivity index (χ0n) is 19.6. The zero-order valence-corrected chi connectivity index (χ0v) is 21.3. The number of carbonyl (C=O) groups excluding carboxylic acids is 1. The molecule has 6 rings (SSSR count). The van der Waals surface area contributed by atoms with Crippen molar-refractivity contribution in [1.82, 2.24) is 25.3 Å². The van der Waals surface area contributed by atoms with Gasteiger partial charge in [-0.25, -0.2) is 9.97 Å². The Kier molecular flexibility index (Phi) is 6.18. The van der Waals surface area contributed by atoms with Crippen molar-refractivity contribution in [2.24, 2.45) is 0 Å². The summed E-state index contributed by atoms with van der Waals surface area (Å²) in [5, 5.41) is 4.50. The predicted octanol–water partition coefficient (Wildman–Crippen LogP) is 6.27. The minimum atomic E-state index is 0. The number of hydrogen-bond donors (Lipinski definition) is 2. The maximum Gasteiger partial charge on any atom is 0.138 e. The second-order valence-corrected chi connectivity index (χ2v) is 11.5. The Morgan fingerprint density at radius 3 is 2.97 bits per heavy atom. The van der Waals surface area contributed by atoms with Crippen LogP contribution in [0.15, 0.2) is 42.7 Å². The summed E-state index contributed by atoms with van der Waals surface area (Å²) < 4.78 is 1.14. The smallest absolute Gasteiger partial charge is 0.138 e. The Balaban J connectivity index is 0.00000267. The molecule has 1 aromatic carbocycles. The number of para-hydroxylation sites is 2. The summed E-state index contributed by atoms with van der Waals surface area (Å²) in [7, 11) is 0. The normalized spacial score (nSPS) is 14.4. The zero-order chi connectivity index (χ0) is 23.8. The van der Waals surface area contributed by atoms with Crippen LogP contribution in [0.1, 0.15) is 54.7 Å². The van der Waals surface area contributed by atoms with Crippen LogP contribution in [0.25, 0.3) is 31.8 Å². The lowest BCUT2D eigenvalue weighted by atomic mass is 9.98. The molecule has 5 heterocycles. The van der Waals surface area contributed by atoms with Gasteiger partial charge in [-0.1, -0.05) is 19.1 Å². The summed E-state index contributed by atoms with van der Waals surface area (Å²) in [6, 6.07) is 10.1. The molecule has 0 bridgehead atoms. The van der Waals surface area contributed by atoms with Gasteiger partial charge in [0.05, 0.1) is 21.9 Å². The van der Waals surface area contributed by atoms with Gasteiger partial charge in [-0.05, 0) is 49.6 Å². The molecule has 0 saturated carbocycles. The molecule has 1 atom stereocenters. The molecule has 35 heavy (non-hydrogen) atoms. The van der Waals surface area contributed by atoms with Gasteiger partial charge < -0.3 is 10.3 Å². The van der Waals surface area contributed by atoms with Crippen LogP contribution in [0.4, 0.5) is 0 Å². The highest BCUT2D eigenvalue weighted by molar-refractivity contribution is 7.22. The number of aromatic nitrogens is 4. The molecule has 2 N–H and O–H groups in total. The van der Waals surface area contributed by atoms with Crippen LogP contribution in [-0.4, -0.2) is 32.3 Å². The van der Waals surface area contributed by atoms with Crippen molar-refractivity contribution < 1.29 is 6.22 Å². The van der Waals surface area contributed by atoms with Crippen LogP contribution >= 0.6 is 22.7 Å². The Bertz CT molecular complexity index is 1460. The highest BCUT2D eigenvalue weighted by Gasteiger charge is 2.25. The van der Waals surface area contributed by atoms with Crippen molar-refractivity contribution in [3.05, 3.63) is 63.9 Å². The van der Waals surface area contributed by atoms with E-state index in [4.69, 9.17) is 9.97 Å². The lowest BCUT2D eigenvalue weighted by Crippen LogP contribution is -2.22. The number of nitrogens with zero attached hydrogens (tertiary/aromatic N) is 3. The number of aromatic amines is 1. The average molecular weight is 504 g/mol. The minimum absolute atomic E-state index is 0. The molecule has 4 aromatic heterocycles. The number of rotatable bonds is 8. The van der Waals surface area contributed by atoms with E-state index >= 15 is 0 Å². The number of pyridine rings is 1. The van der Waals surface area contributed by atoms with Crippen LogP contribution < -0.4 is 5.32 Å². The van der Waals surface area contributed by atoms with Crippen molar-refractivity contribution >= 4 is 49.7 Å². The van der Waals surface area contributed by atoms with E-state index < -0.39 is 0 Å². The van der Waals surface area contributed by atoms with Gasteiger partial charge in [0.2, 0.25) is 0 Å². The molecule has 0 saturated heterocycles. The number of ketones is 1. The number of H-pyrrole nitrogens is 1. The summed E-state index contributed by atoms with van der Waals surface area (Å²) in [5.74, 6) is 1.60. The van der Waals surface area contributed by atoms with Crippen molar-refractivity contribution in [1.29, 1.82) is 0 Å². The molecule has 0 aliphatic carbocycles. The first-order valence-electron chi connectivity index (χ1n) is 12.2. The number of nitrogens with one attached hydrogen (secondary N) is 2. The first kappa shape index (κ1) is 22.5. The number of fused-ring (bicyclic) bond motifs is 3. The monoisotopic (exact) mass is 503 g/mol. The van der Waals surface area contributed by atoms with Gasteiger partial charge in [0, 0.05) is 48.2 Å². The Morgan fingerprint density at radius 1 is 1.17 bits per heavy atom. The summed E-state index contributed by atoms with van der Waals surface area (Å²) in [6.07, 6.45) is 7.51. The fourth-order valence-electron chi connectivity index (χ4n) is 4.87. The van der Waals surface area contributed by atoms with Crippen molar-refractivity contribution in [2.45, 2.75) is 51.5 Å². The summed E-state index contributed by atoms with van der Waals surface area (Å²) in [6.45, 7) is 4.03. The summed E-state index contributed by atoms with van der Waals surface area (Å²) in [4.78, 5) is 32.9. The molecule has 0 radical (unpaired) electrons. The van der Waals surface area contributed by atoms with Gasteiger partial charge >= 0.3 is 0 Å². The lowest BCUT2D eigenvalue weighted by molar-refractivity contribution is -0.118. The minimum Gasteiger partial charge on any atom is -0.342 e. The third-order valence-electron chi connectivity index (χ3n) is 6.73. The van der Waals surface area contributed by atoms with Crippen molar-refractivity contribution in [2.75, 3.05) is 6.54 Å². The van der Waals surface area contributed by atoms with Gasteiger partial charge in [0.25, 0.3) is 0 Å². The number of hydrogen-bond acceptors (Lipinski definition) is 7. The summed E-state index contributed by atoms with van der Waals surface area (Å²) in [5.41, 5.74) is 5.58. The van der Waals surface area contributed by atoms with Crippen LogP contribution in [0.2, 0.25) is 0 Å². The summed E-state index contributed by atoms with van der Waals surface area (Å²) >= 11 is 3.49. The van der Waals surface area contributed by atoms with E-state index in [1.807, 2.05) is 36.7 Å². The lowest BCUT2D eigenvalue weighted by Gasteiger charge is -2.13. The second kappa shape index (κ2) is 9.60. The number of imidazole rings is 1. The van der Waals surface area contributed by atoms with E-state index in [9.17, 15) is 4.79 Å². The third-order valence-corrected chi connectivity index (χ3v) is 9.02. The highest BCUT2D eigenvalue weighted by Crippen LogP contribution is 2.42. The number of Topliss-reactive ketones (excluding diaryl/α,β-unsaturated/α-hetero) is 1. The quantitative estimate of drug-likeness (QED) is 0.261. The van der Waals surface area contributed by atoms with Crippen LogP contribution in [0.5, 0.6) is 0 Å². The van der Waals surface area contributed by atoms with E-state index in [1.54, 1.807) is 22.7 Å². The molecular formula is C27H29N5OS2. The fraction of sp³-hybridized carbons (Fsp3) is 0.333. The van der Waals surface area contributed by atoms with E-state index in [-0.39, 0.29) is 1.43 Å². The largest absolute Gasteiger partial charge is 0.342 e. The van der Waals surface area contributed by atoms with Gasteiger partial charge in [-0.15, -0.1) is 22.7 Å². The number of thiophene rings is 1. The van der Waals surface area contributed by atoms with Crippen molar-refractivity contribution in [3.8, 4) is 10.6 Å². The highest BCUT2D eigenvalue weighted by atomic mass is 32.1. The van der Waals surface area contributed by atoms with Crippen LogP contribution in [0.3, 0.4) is 0 Å². The molecule has 5 aromatic rings. The van der Waals surface area contributed by atoms with Gasteiger partial charge in [-0.2, -0.15) is 0 Å².